The van der Waals surface area contributed by atoms with Gasteiger partial charge in [0.2, 0.25) is 0 Å². The number of carboxylic acids is 1. The van der Waals surface area contributed by atoms with Crippen molar-refractivity contribution in [1.82, 2.24) is 19.8 Å². The number of hydrogen-bond acceptors (Lipinski definition) is 4. The van der Waals surface area contributed by atoms with Crippen molar-refractivity contribution in [2.75, 3.05) is 19.6 Å². The monoisotopic (exact) mass is 280 g/mol. The number of aliphatic carboxylic acids is 1. The van der Waals surface area contributed by atoms with Crippen LogP contribution in [-0.2, 0) is 17.9 Å². The van der Waals surface area contributed by atoms with Gasteiger partial charge in [-0.05, 0) is 32.9 Å². The average Bonchev–Trinajstić information content (AvgIpc) is 2.86. The molecule has 1 aliphatic heterocycles. The number of nitrogens with zero attached hydrogens (tertiary/aromatic N) is 3. The zero-order chi connectivity index (χ0) is 14.6. The highest BCUT2D eigenvalue weighted by molar-refractivity contribution is 5.78. The fourth-order valence-corrected chi connectivity index (χ4v) is 2.73. The maximum Gasteiger partial charge on any atom is 0.323 e. The van der Waals surface area contributed by atoms with E-state index < -0.39 is 11.5 Å². The van der Waals surface area contributed by atoms with Gasteiger partial charge in [0.25, 0.3) is 0 Å². The van der Waals surface area contributed by atoms with Gasteiger partial charge in [-0.25, -0.2) is 4.98 Å². The van der Waals surface area contributed by atoms with Crippen molar-refractivity contribution in [2.45, 2.75) is 45.3 Å². The first-order valence-corrected chi connectivity index (χ1v) is 7.26. The van der Waals surface area contributed by atoms with Gasteiger partial charge in [0.15, 0.2) is 0 Å². The van der Waals surface area contributed by atoms with Gasteiger partial charge in [0.05, 0.1) is 6.54 Å². The highest BCUT2D eigenvalue weighted by Gasteiger charge is 2.31. The SMILES string of the molecule is CCNC(C)(CCCN1CCn2ccnc2C1)C(=O)O. The lowest BCUT2D eigenvalue weighted by Crippen LogP contribution is -2.49. The standard InChI is InChI=1S/C14H24N4O2/c1-3-16-14(2,13(19)20)5-4-7-17-9-10-18-8-6-15-12(18)11-17/h6,8,16H,3-5,7,9-11H2,1-2H3,(H,19,20). The van der Waals surface area contributed by atoms with Gasteiger partial charge in [0, 0.05) is 25.5 Å². The third-order valence-corrected chi connectivity index (χ3v) is 4.01. The largest absolute Gasteiger partial charge is 0.480 e. The molecule has 6 nitrogen and oxygen atoms in total. The minimum Gasteiger partial charge on any atom is -0.480 e. The van der Waals surface area contributed by atoms with Crippen molar-refractivity contribution in [3.8, 4) is 0 Å². The Morgan fingerprint density at radius 3 is 3.05 bits per heavy atom. The zero-order valence-electron chi connectivity index (χ0n) is 12.3. The van der Waals surface area contributed by atoms with Gasteiger partial charge < -0.3 is 15.0 Å². The van der Waals surface area contributed by atoms with Crippen molar-refractivity contribution >= 4 is 5.97 Å². The molecular formula is C14H24N4O2. The second-order valence-corrected chi connectivity index (χ2v) is 5.58. The van der Waals surface area contributed by atoms with Crippen molar-refractivity contribution in [2.24, 2.45) is 0 Å². The summed E-state index contributed by atoms with van der Waals surface area (Å²) in [6, 6.07) is 0. The second kappa shape index (κ2) is 6.37. The van der Waals surface area contributed by atoms with Gasteiger partial charge in [-0.2, -0.15) is 0 Å². The number of carboxylic acid groups (broad SMARTS) is 1. The van der Waals surface area contributed by atoms with Crippen LogP contribution in [0.4, 0.5) is 0 Å². The van der Waals surface area contributed by atoms with Crippen molar-refractivity contribution < 1.29 is 9.90 Å². The topological polar surface area (TPSA) is 70.4 Å². The molecule has 0 radical (unpaired) electrons. The Kier molecular flexibility index (Phi) is 4.77. The fraction of sp³-hybridized carbons (Fsp3) is 0.714. The molecule has 0 aromatic carbocycles. The van der Waals surface area contributed by atoms with Crippen LogP contribution in [0.5, 0.6) is 0 Å². The molecule has 2 rings (SSSR count). The summed E-state index contributed by atoms with van der Waals surface area (Å²) < 4.78 is 2.18. The molecule has 1 unspecified atom stereocenters. The van der Waals surface area contributed by atoms with Crippen molar-refractivity contribution in [3.63, 3.8) is 0 Å². The predicted molar refractivity (Wildman–Crippen MR) is 76.5 cm³/mol. The Balaban J connectivity index is 1.80. The zero-order valence-corrected chi connectivity index (χ0v) is 12.3. The maximum absolute atomic E-state index is 11.3. The van der Waals surface area contributed by atoms with Gasteiger partial charge in [-0.1, -0.05) is 6.92 Å². The number of imidazole rings is 1. The summed E-state index contributed by atoms with van der Waals surface area (Å²) in [4.78, 5) is 18.0. The van der Waals surface area contributed by atoms with Crippen LogP contribution in [0.2, 0.25) is 0 Å². The van der Waals surface area contributed by atoms with E-state index in [1.165, 1.54) is 0 Å². The molecule has 0 fully saturated rings. The molecule has 0 spiro atoms. The number of nitrogens with one attached hydrogen (secondary N) is 1. The molecule has 0 saturated carbocycles. The molecular weight excluding hydrogens is 256 g/mol. The molecule has 1 aromatic rings. The number of carbonyl (C=O) groups is 1. The lowest BCUT2D eigenvalue weighted by atomic mass is 9.95. The first-order chi connectivity index (χ1) is 9.55. The average molecular weight is 280 g/mol. The van der Waals surface area contributed by atoms with E-state index in [4.69, 9.17) is 0 Å². The molecule has 1 aromatic heterocycles. The molecule has 20 heavy (non-hydrogen) atoms. The smallest absolute Gasteiger partial charge is 0.323 e. The lowest BCUT2D eigenvalue weighted by Gasteiger charge is -2.30. The van der Waals surface area contributed by atoms with E-state index in [2.05, 4.69) is 19.8 Å². The first-order valence-electron chi connectivity index (χ1n) is 7.26. The lowest BCUT2D eigenvalue weighted by molar-refractivity contribution is -0.144. The molecule has 6 heteroatoms. The van der Waals surface area contributed by atoms with Gasteiger partial charge >= 0.3 is 5.97 Å². The van der Waals surface area contributed by atoms with E-state index in [1.807, 2.05) is 19.3 Å². The Morgan fingerprint density at radius 1 is 1.55 bits per heavy atom. The molecule has 2 heterocycles. The van der Waals surface area contributed by atoms with Crippen molar-refractivity contribution in [1.29, 1.82) is 0 Å². The van der Waals surface area contributed by atoms with Crippen LogP contribution in [0.25, 0.3) is 0 Å². The van der Waals surface area contributed by atoms with Gasteiger partial charge in [0.1, 0.15) is 11.4 Å². The summed E-state index contributed by atoms with van der Waals surface area (Å²) in [7, 11) is 0. The minimum absolute atomic E-state index is 0.640. The molecule has 0 saturated heterocycles. The van der Waals surface area contributed by atoms with Crippen LogP contribution in [0.1, 0.15) is 32.5 Å². The molecule has 112 valence electrons. The molecule has 0 aliphatic carbocycles. The minimum atomic E-state index is -0.816. The highest BCUT2D eigenvalue weighted by atomic mass is 16.4. The van der Waals surface area contributed by atoms with E-state index in [-0.39, 0.29) is 0 Å². The predicted octanol–water partition coefficient (Wildman–Crippen LogP) is 0.932. The number of rotatable bonds is 7. The second-order valence-electron chi connectivity index (χ2n) is 5.58. The van der Waals surface area contributed by atoms with Crippen LogP contribution in [-0.4, -0.2) is 50.7 Å². The summed E-state index contributed by atoms with van der Waals surface area (Å²) in [5.41, 5.74) is -0.816. The molecule has 0 bridgehead atoms. The number of likely N-dealkylation sites (N-methyl/N-ethyl adjacent to an activating group) is 1. The summed E-state index contributed by atoms with van der Waals surface area (Å²) in [6.45, 7) is 8.13. The number of aromatic nitrogens is 2. The Hall–Kier alpha value is -1.40. The van der Waals surface area contributed by atoms with E-state index in [9.17, 15) is 9.90 Å². The number of hydrogen-bond donors (Lipinski definition) is 2. The third kappa shape index (κ3) is 3.37. The van der Waals surface area contributed by atoms with Crippen molar-refractivity contribution in [3.05, 3.63) is 18.2 Å². The van der Waals surface area contributed by atoms with E-state index >= 15 is 0 Å². The molecule has 1 atom stereocenters. The Morgan fingerprint density at radius 2 is 2.35 bits per heavy atom. The van der Waals surface area contributed by atoms with Crippen LogP contribution >= 0.6 is 0 Å². The first kappa shape index (κ1) is 15.0. The summed E-state index contributed by atoms with van der Waals surface area (Å²) in [5.74, 6) is 0.331. The normalized spacial score (nSPS) is 18.5. The molecule has 1 aliphatic rings. The quantitative estimate of drug-likeness (QED) is 0.777. The van der Waals surface area contributed by atoms with E-state index in [0.717, 1.165) is 38.4 Å². The maximum atomic E-state index is 11.3. The fourth-order valence-electron chi connectivity index (χ4n) is 2.73. The molecule has 0 amide bonds. The Bertz CT molecular complexity index is 460. The van der Waals surface area contributed by atoms with E-state index in [0.29, 0.717) is 13.0 Å². The van der Waals surface area contributed by atoms with Crippen LogP contribution in [0.3, 0.4) is 0 Å². The van der Waals surface area contributed by atoms with Crippen LogP contribution < -0.4 is 5.32 Å². The van der Waals surface area contributed by atoms with Crippen LogP contribution in [0, 0.1) is 0 Å². The Labute approximate surface area is 119 Å². The van der Waals surface area contributed by atoms with Gasteiger partial charge in [-0.3, -0.25) is 9.69 Å². The summed E-state index contributed by atoms with van der Waals surface area (Å²) in [6.07, 6.45) is 5.36. The third-order valence-electron chi connectivity index (χ3n) is 4.01. The van der Waals surface area contributed by atoms with E-state index in [1.54, 1.807) is 6.92 Å². The van der Waals surface area contributed by atoms with Crippen LogP contribution in [0.15, 0.2) is 12.4 Å². The summed E-state index contributed by atoms with van der Waals surface area (Å²) in [5, 5.41) is 12.4. The van der Waals surface area contributed by atoms with Gasteiger partial charge in [-0.15, -0.1) is 0 Å². The number of fused-ring (bicyclic) bond motifs is 1. The highest BCUT2D eigenvalue weighted by Crippen LogP contribution is 2.15. The molecule has 2 N–H and O–H groups in total. The summed E-state index contributed by atoms with van der Waals surface area (Å²) >= 11 is 0.